The van der Waals surface area contributed by atoms with Crippen molar-refractivity contribution in [3.8, 4) is 0 Å². The Hall–Kier alpha value is -0.820. The van der Waals surface area contributed by atoms with Crippen molar-refractivity contribution >= 4 is 0 Å². The monoisotopic (exact) mass is 367 g/mol. The van der Waals surface area contributed by atoms with E-state index in [1.807, 2.05) is 0 Å². The van der Waals surface area contributed by atoms with Crippen LogP contribution in [-0.4, -0.2) is 11.2 Å². The van der Waals surface area contributed by atoms with E-state index in [9.17, 15) is 5.11 Å². The first-order valence-corrected chi connectivity index (χ1v) is 11.6. The lowest BCUT2D eigenvalue weighted by Crippen LogP contribution is -2.51. The minimum atomic E-state index is -0.0899. The summed E-state index contributed by atoms with van der Waals surface area (Å²) in [6, 6.07) is 11.0. The van der Waals surface area contributed by atoms with Gasteiger partial charge in [-0.15, -0.1) is 0 Å². The van der Waals surface area contributed by atoms with Crippen molar-refractivity contribution in [2.75, 3.05) is 0 Å². The van der Waals surface area contributed by atoms with E-state index in [2.05, 4.69) is 51.1 Å². The molecule has 0 spiro atoms. The number of aliphatic hydroxyl groups excluding tert-OH is 1. The lowest BCUT2D eigenvalue weighted by atomic mass is 9.48. The molecule has 27 heavy (non-hydrogen) atoms. The van der Waals surface area contributed by atoms with Gasteiger partial charge in [0, 0.05) is 0 Å². The van der Waals surface area contributed by atoms with E-state index in [4.69, 9.17) is 0 Å². The van der Waals surface area contributed by atoms with Gasteiger partial charge in [-0.05, 0) is 97.9 Å². The highest BCUT2D eigenvalue weighted by Crippen LogP contribution is 2.61. The molecule has 3 unspecified atom stereocenters. The molecular weight excluding hydrogens is 328 g/mol. The lowest BCUT2D eigenvalue weighted by Gasteiger charge is -2.58. The van der Waals surface area contributed by atoms with Gasteiger partial charge in [0.05, 0.1) is 6.10 Å². The molecule has 4 saturated carbocycles. The van der Waals surface area contributed by atoms with Crippen LogP contribution in [-0.2, 0) is 0 Å². The molecule has 4 aliphatic rings. The van der Waals surface area contributed by atoms with Crippen molar-refractivity contribution in [1.82, 2.24) is 0 Å². The summed E-state index contributed by atoms with van der Waals surface area (Å²) in [5, 5.41) is 11.4. The summed E-state index contributed by atoms with van der Waals surface area (Å²) < 4.78 is 0. The van der Waals surface area contributed by atoms with Gasteiger partial charge in [0.25, 0.3) is 0 Å². The summed E-state index contributed by atoms with van der Waals surface area (Å²) in [7, 11) is 0. The van der Waals surface area contributed by atoms with E-state index in [0.29, 0.717) is 11.8 Å². The van der Waals surface area contributed by atoms with Crippen molar-refractivity contribution in [3.63, 3.8) is 0 Å². The standard InChI is InChI=1S/C26H39O/c1-4-18(2)24(19(3)23-8-6-5-7-9-23)10-11-25(27)26-15-20-12-21(16-26)14-22(13-20)17-26/h5-9,18-22,25,27H,4,10-17H2,1-3H3. The maximum absolute atomic E-state index is 11.4. The van der Waals surface area contributed by atoms with Gasteiger partial charge in [0.15, 0.2) is 0 Å². The average Bonchev–Trinajstić information content (AvgIpc) is 2.67. The summed E-state index contributed by atoms with van der Waals surface area (Å²) in [5.41, 5.74) is 1.70. The normalized spacial score (nSPS) is 35.4. The van der Waals surface area contributed by atoms with Crippen LogP contribution in [0.15, 0.2) is 30.3 Å². The summed E-state index contributed by atoms with van der Waals surface area (Å²) in [5.74, 6) is 5.53. The van der Waals surface area contributed by atoms with Crippen LogP contribution in [0.1, 0.15) is 90.0 Å². The van der Waals surface area contributed by atoms with Crippen LogP contribution in [0.25, 0.3) is 0 Å². The second-order valence-corrected chi connectivity index (χ2v) is 10.4. The van der Waals surface area contributed by atoms with Crippen molar-refractivity contribution < 1.29 is 5.11 Å². The van der Waals surface area contributed by atoms with E-state index in [1.165, 1.54) is 50.5 Å². The Kier molecular flexibility index (Phi) is 5.70. The van der Waals surface area contributed by atoms with Crippen LogP contribution in [0.4, 0.5) is 0 Å². The quantitative estimate of drug-likeness (QED) is 0.537. The van der Waals surface area contributed by atoms with Crippen molar-refractivity contribution in [1.29, 1.82) is 0 Å². The van der Waals surface area contributed by atoms with Crippen molar-refractivity contribution in [3.05, 3.63) is 41.8 Å². The molecule has 4 aliphatic carbocycles. The van der Waals surface area contributed by atoms with Crippen LogP contribution < -0.4 is 0 Å². The van der Waals surface area contributed by atoms with E-state index < -0.39 is 0 Å². The third-order valence-electron chi connectivity index (χ3n) is 8.60. The second kappa shape index (κ2) is 7.90. The number of benzene rings is 1. The molecule has 1 aromatic carbocycles. The average molecular weight is 368 g/mol. The fourth-order valence-corrected chi connectivity index (χ4v) is 7.30. The zero-order valence-corrected chi connectivity index (χ0v) is 17.7. The Balaban J connectivity index is 1.43. The largest absolute Gasteiger partial charge is 0.393 e. The fraction of sp³-hybridized carbons (Fsp3) is 0.731. The highest BCUT2D eigenvalue weighted by atomic mass is 16.3. The van der Waals surface area contributed by atoms with Crippen molar-refractivity contribution in [2.24, 2.45) is 29.1 Å². The Morgan fingerprint density at radius 1 is 1.00 bits per heavy atom. The molecule has 3 atom stereocenters. The molecule has 1 heteroatoms. The molecular formula is C26H39O. The SMILES string of the molecule is CCC(C)[C](CCC(O)C12CC3CC(CC(C3)C1)C2)C(C)c1ccccc1. The number of rotatable bonds is 8. The lowest BCUT2D eigenvalue weighted by molar-refractivity contribution is -0.122. The molecule has 0 aliphatic heterocycles. The Morgan fingerprint density at radius 2 is 1.56 bits per heavy atom. The van der Waals surface area contributed by atoms with Gasteiger partial charge in [-0.2, -0.15) is 0 Å². The van der Waals surface area contributed by atoms with Crippen LogP contribution in [0.3, 0.4) is 0 Å². The maximum Gasteiger partial charge on any atom is 0.0596 e. The maximum atomic E-state index is 11.4. The zero-order valence-electron chi connectivity index (χ0n) is 17.7. The Labute approximate surface area is 167 Å². The van der Waals surface area contributed by atoms with Gasteiger partial charge < -0.3 is 5.11 Å². The van der Waals surface area contributed by atoms with E-state index >= 15 is 0 Å². The topological polar surface area (TPSA) is 20.2 Å². The molecule has 5 rings (SSSR count). The molecule has 0 amide bonds. The third kappa shape index (κ3) is 3.86. The summed E-state index contributed by atoms with van der Waals surface area (Å²) in [4.78, 5) is 0. The van der Waals surface area contributed by atoms with E-state index in [-0.39, 0.29) is 11.5 Å². The molecule has 4 bridgehead atoms. The molecule has 4 fully saturated rings. The molecule has 0 heterocycles. The molecule has 0 aromatic heterocycles. The molecule has 1 N–H and O–H groups in total. The third-order valence-corrected chi connectivity index (χ3v) is 8.60. The predicted molar refractivity (Wildman–Crippen MR) is 113 cm³/mol. The van der Waals surface area contributed by atoms with Gasteiger partial charge in [-0.3, -0.25) is 0 Å². The fourth-order valence-electron chi connectivity index (χ4n) is 7.30. The molecule has 0 saturated heterocycles. The molecule has 1 nitrogen and oxygen atoms in total. The van der Waals surface area contributed by atoms with Gasteiger partial charge in [0.1, 0.15) is 0 Å². The smallest absolute Gasteiger partial charge is 0.0596 e. The molecule has 149 valence electrons. The second-order valence-electron chi connectivity index (χ2n) is 10.4. The van der Waals surface area contributed by atoms with Crippen molar-refractivity contribution in [2.45, 2.75) is 90.6 Å². The zero-order chi connectivity index (χ0) is 19.0. The first-order valence-electron chi connectivity index (χ1n) is 11.6. The predicted octanol–water partition coefficient (Wildman–Crippen LogP) is 6.77. The Bertz CT molecular complexity index is 571. The highest BCUT2D eigenvalue weighted by Gasteiger charge is 2.53. The van der Waals surface area contributed by atoms with E-state index in [0.717, 1.165) is 30.6 Å². The minimum Gasteiger partial charge on any atom is -0.393 e. The molecule has 1 radical (unpaired) electrons. The first kappa shape index (κ1) is 19.5. The van der Waals surface area contributed by atoms with Crippen LogP contribution in [0.2, 0.25) is 0 Å². The summed E-state index contributed by atoms with van der Waals surface area (Å²) in [6.07, 6.45) is 11.5. The minimum absolute atomic E-state index is 0.0899. The van der Waals surface area contributed by atoms with Gasteiger partial charge in [-0.25, -0.2) is 0 Å². The molecule has 1 aromatic rings. The summed E-state index contributed by atoms with van der Waals surface area (Å²) in [6.45, 7) is 7.05. The van der Waals surface area contributed by atoms with Crippen LogP contribution in [0, 0.1) is 35.0 Å². The number of hydrogen-bond donors (Lipinski definition) is 1. The first-order chi connectivity index (χ1) is 13.0. The number of aliphatic hydroxyl groups is 1. The van der Waals surface area contributed by atoms with Gasteiger partial charge in [-0.1, -0.05) is 57.5 Å². The summed E-state index contributed by atoms with van der Waals surface area (Å²) >= 11 is 0. The van der Waals surface area contributed by atoms with Gasteiger partial charge >= 0.3 is 0 Å². The highest BCUT2D eigenvalue weighted by molar-refractivity contribution is 5.25. The van der Waals surface area contributed by atoms with E-state index in [1.54, 1.807) is 5.92 Å². The van der Waals surface area contributed by atoms with Gasteiger partial charge in [0.2, 0.25) is 0 Å². The number of hydrogen-bond acceptors (Lipinski definition) is 1. The van der Waals surface area contributed by atoms with Crippen LogP contribution in [0.5, 0.6) is 0 Å². The Morgan fingerprint density at radius 3 is 2.07 bits per heavy atom. The van der Waals surface area contributed by atoms with Crippen LogP contribution >= 0.6 is 0 Å².